The molecule has 3 N–H and O–H groups in total. The zero-order valence-corrected chi connectivity index (χ0v) is 15.5. The summed E-state index contributed by atoms with van der Waals surface area (Å²) in [5.41, 5.74) is 7.82. The van der Waals surface area contributed by atoms with Crippen molar-refractivity contribution in [2.24, 2.45) is 11.1 Å². The van der Waals surface area contributed by atoms with Crippen LogP contribution in [0.25, 0.3) is 5.69 Å². The minimum Gasteiger partial charge on any atom is -0.381 e. The highest BCUT2D eigenvalue weighted by Gasteiger charge is 2.38. The van der Waals surface area contributed by atoms with E-state index in [0.717, 1.165) is 16.9 Å². The molecule has 0 radical (unpaired) electrons. The number of aromatic nitrogens is 2. The lowest BCUT2D eigenvalue weighted by Gasteiger charge is -2.34. The first-order valence-electron chi connectivity index (χ1n) is 8.41. The Morgan fingerprint density at radius 2 is 2.00 bits per heavy atom. The third kappa shape index (κ3) is 4.23. The van der Waals surface area contributed by atoms with Crippen LogP contribution in [-0.2, 0) is 16.1 Å². The van der Waals surface area contributed by atoms with Gasteiger partial charge in [0.25, 0.3) is 0 Å². The highest BCUT2D eigenvalue weighted by molar-refractivity contribution is 5.85. The quantitative estimate of drug-likeness (QED) is 0.829. The average molecular weight is 383 g/mol. The van der Waals surface area contributed by atoms with Gasteiger partial charge in [0.15, 0.2) is 0 Å². The van der Waals surface area contributed by atoms with Gasteiger partial charge in [-0.1, -0.05) is 0 Å². The Labute approximate surface area is 158 Å². The van der Waals surface area contributed by atoms with E-state index in [0.29, 0.717) is 39.1 Å². The largest absolute Gasteiger partial charge is 0.381 e. The Balaban J connectivity index is 0.00000243. The van der Waals surface area contributed by atoms with Crippen molar-refractivity contribution in [3.8, 4) is 5.69 Å². The van der Waals surface area contributed by atoms with Crippen LogP contribution in [0.2, 0.25) is 0 Å². The zero-order valence-electron chi connectivity index (χ0n) is 14.7. The lowest BCUT2D eigenvalue weighted by Crippen LogP contribution is -2.49. The maximum Gasteiger partial charge on any atom is 0.227 e. The number of hydrogen-bond acceptors (Lipinski definition) is 4. The highest BCUT2D eigenvalue weighted by Crippen LogP contribution is 2.29. The van der Waals surface area contributed by atoms with Crippen LogP contribution in [0.15, 0.2) is 30.5 Å². The average Bonchev–Trinajstić information content (AvgIpc) is 3.01. The SMILES string of the molecule is Cc1nn(-c2ccc(F)cc2)cc1CNC(=O)C1(CN)CCOCC1.Cl. The second-order valence-corrected chi connectivity index (χ2v) is 6.44. The highest BCUT2D eigenvalue weighted by atomic mass is 35.5. The van der Waals surface area contributed by atoms with E-state index in [1.54, 1.807) is 16.8 Å². The number of nitrogens with zero attached hydrogens (tertiary/aromatic N) is 2. The van der Waals surface area contributed by atoms with Crippen LogP contribution < -0.4 is 11.1 Å². The van der Waals surface area contributed by atoms with E-state index in [9.17, 15) is 9.18 Å². The molecule has 0 aliphatic carbocycles. The molecule has 1 aromatic heterocycles. The third-order valence-electron chi connectivity index (χ3n) is 4.85. The summed E-state index contributed by atoms with van der Waals surface area (Å²) in [5, 5.41) is 7.42. The molecule has 1 saturated heterocycles. The lowest BCUT2D eigenvalue weighted by atomic mass is 9.79. The van der Waals surface area contributed by atoms with Gasteiger partial charge in [-0.25, -0.2) is 9.07 Å². The van der Waals surface area contributed by atoms with Crippen LogP contribution in [0.4, 0.5) is 4.39 Å². The molecular weight excluding hydrogens is 359 g/mol. The molecule has 142 valence electrons. The van der Waals surface area contributed by atoms with Gasteiger partial charge in [-0.05, 0) is 44.0 Å². The zero-order chi connectivity index (χ0) is 17.9. The summed E-state index contributed by atoms with van der Waals surface area (Å²) in [6.07, 6.45) is 3.13. The maximum absolute atomic E-state index is 13.0. The first-order chi connectivity index (χ1) is 12.0. The fourth-order valence-corrected chi connectivity index (χ4v) is 3.04. The Morgan fingerprint density at radius 1 is 1.35 bits per heavy atom. The van der Waals surface area contributed by atoms with Crippen molar-refractivity contribution in [2.75, 3.05) is 19.8 Å². The first-order valence-corrected chi connectivity index (χ1v) is 8.41. The van der Waals surface area contributed by atoms with Crippen molar-refractivity contribution in [3.63, 3.8) is 0 Å². The number of halogens is 2. The summed E-state index contributed by atoms with van der Waals surface area (Å²) in [4.78, 5) is 12.6. The molecule has 6 nitrogen and oxygen atoms in total. The van der Waals surface area contributed by atoms with E-state index in [1.165, 1.54) is 12.1 Å². The Hall–Kier alpha value is -1.96. The van der Waals surface area contributed by atoms with Crippen LogP contribution in [-0.4, -0.2) is 35.4 Å². The first kappa shape index (κ1) is 20.4. The van der Waals surface area contributed by atoms with E-state index in [-0.39, 0.29) is 24.1 Å². The monoisotopic (exact) mass is 382 g/mol. The van der Waals surface area contributed by atoms with Gasteiger partial charge >= 0.3 is 0 Å². The van der Waals surface area contributed by atoms with Gasteiger partial charge < -0.3 is 15.8 Å². The lowest BCUT2D eigenvalue weighted by molar-refractivity contribution is -0.136. The van der Waals surface area contributed by atoms with Crippen LogP contribution in [0, 0.1) is 18.2 Å². The van der Waals surface area contributed by atoms with Gasteiger partial charge in [0.05, 0.1) is 16.8 Å². The molecule has 1 amide bonds. The topological polar surface area (TPSA) is 82.2 Å². The summed E-state index contributed by atoms with van der Waals surface area (Å²) in [7, 11) is 0. The number of amides is 1. The van der Waals surface area contributed by atoms with Crippen LogP contribution in [0.3, 0.4) is 0 Å². The molecule has 8 heteroatoms. The molecule has 26 heavy (non-hydrogen) atoms. The van der Waals surface area contributed by atoms with E-state index >= 15 is 0 Å². The van der Waals surface area contributed by atoms with E-state index in [2.05, 4.69) is 10.4 Å². The summed E-state index contributed by atoms with van der Waals surface area (Å²) in [6.45, 7) is 3.71. The van der Waals surface area contributed by atoms with Gasteiger partial charge in [-0.15, -0.1) is 12.4 Å². The number of ether oxygens (including phenoxy) is 1. The number of aryl methyl sites for hydroxylation is 1. The number of nitrogens with one attached hydrogen (secondary N) is 1. The molecule has 3 rings (SSSR count). The van der Waals surface area contributed by atoms with Crippen LogP contribution in [0.5, 0.6) is 0 Å². The molecule has 1 aromatic carbocycles. The van der Waals surface area contributed by atoms with Crippen molar-refractivity contribution in [2.45, 2.75) is 26.3 Å². The molecule has 1 aliphatic heterocycles. The van der Waals surface area contributed by atoms with E-state index in [1.807, 2.05) is 13.1 Å². The van der Waals surface area contributed by atoms with Gasteiger partial charge in [-0.3, -0.25) is 4.79 Å². The molecule has 0 saturated carbocycles. The van der Waals surface area contributed by atoms with Crippen molar-refractivity contribution in [3.05, 3.63) is 47.5 Å². The molecule has 1 aliphatic rings. The van der Waals surface area contributed by atoms with Crippen molar-refractivity contribution in [1.29, 1.82) is 0 Å². The number of benzene rings is 1. The third-order valence-corrected chi connectivity index (χ3v) is 4.85. The summed E-state index contributed by atoms with van der Waals surface area (Å²) >= 11 is 0. The second-order valence-electron chi connectivity index (χ2n) is 6.44. The molecule has 0 unspecified atom stereocenters. The fourth-order valence-electron chi connectivity index (χ4n) is 3.04. The standard InChI is InChI=1S/C18H23FN4O2.ClH/c1-13-14(11-23(22-13)16-4-2-15(19)3-5-16)10-21-17(24)18(12-20)6-8-25-9-7-18;/h2-5,11H,6-10,12,20H2,1H3,(H,21,24);1H. The van der Waals surface area contributed by atoms with Gasteiger partial charge in [0.2, 0.25) is 5.91 Å². The van der Waals surface area contributed by atoms with Crippen molar-refractivity contribution < 1.29 is 13.9 Å². The molecule has 0 bridgehead atoms. The minimum absolute atomic E-state index is 0. The number of nitrogens with two attached hydrogens (primary N) is 1. The number of carbonyl (C=O) groups excluding carboxylic acids is 1. The fraction of sp³-hybridized carbons (Fsp3) is 0.444. The van der Waals surface area contributed by atoms with E-state index in [4.69, 9.17) is 10.5 Å². The van der Waals surface area contributed by atoms with Crippen molar-refractivity contribution >= 4 is 18.3 Å². The number of hydrogen-bond donors (Lipinski definition) is 2. The minimum atomic E-state index is -0.543. The van der Waals surface area contributed by atoms with E-state index < -0.39 is 5.41 Å². The predicted molar refractivity (Wildman–Crippen MR) is 98.9 cm³/mol. The summed E-state index contributed by atoms with van der Waals surface area (Å²) in [5.74, 6) is -0.323. The summed E-state index contributed by atoms with van der Waals surface area (Å²) < 4.78 is 20.1. The predicted octanol–water partition coefficient (Wildman–Crippen LogP) is 2.11. The molecule has 0 atom stereocenters. The van der Waals surface area contributed by atoms with Crippen molar-refractivity contribution in [1.82, 2.24) is 15.1 Å². The number of rotatable bonds is 5. The number of carbonyl (C=O) groups is 1. The Morgan fingerprint density at radius 3 is 2.62 bits per heavy atom. The van der Waals surface area contributed by atoms with Crippen LogP contribution in [0.1, 0.15) is 24.1 Å². The van der Waals surface area contributed by atoms with Crippen LogP contribution >= 0.6 is 12.4 Å². The van der Waals surface area contributed by atoms with Gasteiger partial charge in [0, 0.05) is 38.1 Å². The Kier molecular flexibility index (Phi) is 6.75. The Bertz CT molecular complexity index is 742. The summed E-state index contributed by atoms with van der Waals surface area (Å²) in [6, 6.07) is 6.11. The molecule has 1 fully saturated rings. The van der Waals surface area contributed by atoms with Gasteiger partial charge in [0.1, 0.15) is 5.82 Å². The molecule has 2 aromatic rings. The smallest absolute Gasteiger partial charge is 0.227 e. The normalized spacial score (nSPS) is 16.0. The molecular formula is C18H24ClFN4O2. The second kappa shape index (κ2) is 8.62. The maximum atomic E-state index is 13.0. The van der Waals surface area contributed by atoms with Gasteiger partial charge in [-0.2, -0.15) is 5.10 Å². The molecule has 2 heterocycles. The molecule has 0 spiro atoms.